The molecule has 3 rings (SSSR count). The van der Waals surface area contributed by atoms with Crippen LogP contribution >= 0.6 is 0 Å². The number of fused-ring (bicyclic) bond motifs is 1. The van der Waals surface area contributed by atoms with Crippen LogP contribution in [0.15, 0.2) is 12.3 Å². The van der Waals surface area contributed by atoms with E-state index in [2.05, 4.69) is 15.3 Å². The Hall–Kier alpha value is -1.32. The zero-order valence-corrected chi connectivity index (χ0v) is 7.98. The zero-order chi connectivity index (χ0) is 9.54. The summed E-state index contributed by atoms with van der Waals surface area (Å²) in [6, 6.07) is 2.48. The van der Waals surface area contributed by atoms with Crippen LogP contribution in [0.4, 0.5) is 11.8 Å². The maximum Gasteiger partial charge on any atom is 0.221 e. The molecule has 2 saturated carbocycles. The van der Waals surface area contributed by atoms with Gasteiger partial charge in [0, 0.05) is 12.2 Å². The summed E-state index contributed by atoms with van der Waals surface area (Å²) in [4.78, 5) is 8.00. The van der Waals surface area contributed by atoms with Gasteiger partial charge < -0.3 is 11.1 Å². The third kappa shape index (κ3) is 1.41. The lowest BCUT2D eigenvalue weighted by atomic mass is 10.1. The fourth-order valence-electron chi connectivity index (χ4n) is 2.50. The fraction of sp³-hybridized carbons (Fsp3) is 0.600. The average Bonchev–Trinajstić information content (AvgIpc) is 2.74. The predicted octanol–water partition coefficient (Wildman–Crippen LogP) is 1.27. The van der Waals surface area contributed by atoms with Crippen LogP contribution in [0, 0.1) is 11.8 Å². The van der Waals surface area contributed by atoms with E-state index >= 15 is 0 Å². The van der Waals surface area contributed by atoms with E-state index in [1.165, 1.54) is 19.3 Å². The molecule has 0 bridgehead atoms. The lowest BCUT2D eigenvalue weighted by Crippen LogP contribution is -2.18. The Kier molecular flexibility index (Phi) is 1.63. The molecule has 0 saturated heterocycles. The van der Waals surface area contributed by atoms with Crippen molar-refractivity contribution >= 4 is 11.8 Å². The first-order chi connectivity index (χ1) is 6.81. The highest BCUT2D eigenvalue weighted by Crippen LogP contribution is 2.52. The largest absolute Gasteiger partial charge is 0.368 e. The van der Waals surface area contributed by atoms with Gasteiger partial charge >= 0.3 is 0 Å². The van der Waals surface area contributed by atoms with E-state index in [4.69, 9.17) is 5.73 Å². The van der Waals surface area contributed by atoms with Gasteiger partial charge in [0.2, 0.25) is 5.95 Å². The SMILES string of the molecule is Nc1nccc(NC2CC3CC3C2)n1. The van der Waals surface area contributed by atoms with E-state index in [9.17, 15) is 0 Å². The van der Waals surface area contributed by atoms with E-state index in [0.717, 1.165) is 17.7 Å². The summed E-state index contributed by atoms with van der Waals surface area (Å²) in [5.74, 6) is 3.19. The van der Waals surface area contributed by atoms with E-state index in [0.29, 0.717) is 12.0 Å². The maximum atomic E-state index is 5.51. The van der Waals surface area contributed by atoms with Crippen molar-refractivity contribution in [1.82, 2.24) is 9.97 Å². The lowest BCUT2D eigenvalue weighted by molar-refractivity contribution is 0.649. The van der Waals surface area contributed by atoms with E-state index in [1.54, 1.807) is 6.20 Å². The van der Waals surface area contributed by atoms with Gasteiger partial charge in [0.15, 0.2) is 0 Å². The molecule has 1 aromatic heterocycles. The molecule has 0 radical (unpaired) electrons. The van der Waals surface area contributed by atoms with Crippen LogP contribution in [0.3, 0.4) is 0 Å². The van der Waals surface area contributed by atoms with E-state index in [-0.39, 0.29) is 0 Å². The van der Waals surface area contributed by atoms with Crippen molar-refractivity contribution < 1.29 is 0 Å². The maximum absolute atomic E-state index is 5.51. The Morgan fingerprint density at radius 3 is 2.79 bits per heavy atom. The second-order valence-electron chi connectivity index (χ2n) is 4.37. The van der Waals surface area contributed by atoms with Gasteiger partial charge in [0.05, 0.1) is 0 Å². The third-order valence-corrected chi connectivity index (χ3v) is 3.27. The van der Waals surface area contributed by atoms with Crippen molar-refractivity contribution in [2.24, 2.45) is 11.8 Å². The number of aromatic nitrogens is 2. The first-order valence-electron chi connectivity index (χ1n) is 5.16. The van der Waals surface area contributed by atoms with Crippen molar-refractivity contribution in [1.29, 1.82) is 0 Å². The Bertz CT molecular complexity index is 342. The number of nitrogen functional groups attached to an aromatic ring is 1. The van der Waals surface area contributed by atoms with Crippen LogP contribution in [0.25, 0.3) is 0 Å². The van der Waals surface area contributed by atoms with Crippen LogP contribution in [0.1, 0.15) is 19.3 Å². The number of rotatable bonds is 2. The van der Waals surface area contributed by atoms with Gasteiger partial charge in [0.1, 0.15) is 5.82 Å². The zero-order valence-electron chi connectivity index (χ0n) is 7.98. The molecule has 74 valence electrons. The summed E-state index contributed by atoms with van der Waals surface area (Å²) < 4.78 is 0. The standard InChI is InChI=1S/C10H14N4/c11-10-12-2-1-9(14-10)13-8-4-6-3-7(6)5-8/h1-2,6-8H,3-5H2,(H3,11,12,13,14). The van der Waals surface area contributed by atoms with Crippen molar-refractivity contribution in [3.05, 3.63) is 12.3 Å². The quantitative estimate of drug-likeness (QED) is 0.737. The molecule has 14 heavy (non-hydrogen) atoms. The van der Waals surface area contributed by atoms with Crippen LogP contribution in [0.5, 0.6) is 0 Å². The van der Waals surface area contributed by atoms with Crippen LogP contribution in [0.2, 0.25) is 0 Å². The first kappa shape index (κ1) is 8.03. The molecule has 3 N–H and O–H groups in total. The van der Waals surface area contributed by atoms with Crippen LogP contribution < -0.4 is 11.1 Å². The monoisotopic (exact) mass is 190 g/mol. The molecule has 1 heterocycles. The van der Waals surface area contributed by atoms with Gasteiger partial charge in [-0.2, -0.15) is 4.98 Å². The van der Waals surface area contributed by atoms with Gasteiger partial charge in [-0.15, -0.1) is 0 Å². The van der Waals surface area contributed by atoms with Crippen molar-refractivity contribution in [2.75, 3.05) is 11.1 Å². The summed E-state index contributed by atoms with van der Waals surface area (Å²) in [5, 5.41) is 3.41. The minimum absolute atomic E-state index is 0.346. The molecule has 2 atom stereocenters. The highest BCUT2D eigenvalue weighted by atomic mass is 15.1. The topological polar surface area (TPSA) is 63.8 Å². The second kappa shape index (κ2) is 2.83. The van der Waals surface area contributed by atoms with Crippen molar-refractivity contribution in [3.63, 3.8) is 0 Å². The highest BCUT2D eigenvalue weighted by Gasteiger charge is 2.45. The Labute approximate surface area is 82.9 Å². The highest BCUT2D eigenvalue weighted by molar-refractivity contribution is 5.38. The van der Waals surface area contributed by atoms with Crippen molar-refractivity contribution in [2.45, 2.75) is 25.3 Å². The van der Waals surface area contributed by atoms with Gasteiger partial charge in [-0.05, 0) is 37.2 Å². The van der Waals surface area contributed by atoms with Gasteiger partial charge in [-0.25, -0.2) is 4.98 Å². The minimum atomic E-state index is 0.346. The fourth-order valence-corrected chi connectivity index (χ4v) is 2.50. The van der Waals surface area contributed by atoms with Gasteiger partial charge in [0.25, 0.3) is 0 Å². The van der Waals surface area contributed by atoms with Crippen LogP contribution in [-0.2, 0) is 0 Å². The van der Waals surface area contributed by atoms with Gasteiger partial charge in [-0.3, -0.25) is 0 Å². The molecule has 0 aliphatic heterocycles. The Balaban J connectivity index is 1.66. The van der Waals surface area contributed by atoms with E-state index in [1.807, 2.05) is 6.07 Å². The molecule has 0 spiro atoms. The van der Waals surface area contributed by atoms with Gasteiger partial charge in [-0.1, -0.05) is 0 Å². The predicted molar refractivity (Wildman–Crippen MR) is 54.7 cm³/mol. The average molecular weight is 190 g/mol. The molecular formula is C10H14N4. The normalized spacial score (nSPS) is 33.9. The first-order valence-corrected chi connectivity index (χ1v) is 5.16. The lowest BCUT2D eigenvalue weighted by Gasteiger charge is -2.14. The summed E-state index contributed by atoms with van der Waals surface area (Å²) in [6.07, 6.45) is 5.74. The third-order valence-electron chi connectivity index (χ3n) is 3.27. The number of hydrogen-bond acceptors (Lipinski definition) is 4. The molecule has 4 nitrogen and oxygen atoms in total. The number of anilines is 2. The Morgan fingerprint density at radius 2 is 2.07 bits per heavy atom. The molecule has 2 aliphatic rings. The second-order valence-corrected chi connectivity index (χ2v) is 4.37. The molecule has 0 aromatic carbocycles. The van der Waals surface area contributed by atoms with E-state index < -0.39 is 0 Å². The summed E-state index contributed by atoms with van der Waals surface area (Å²) in [5.41, 5.74) is 5.51. The number of nitrogens with two attached hydrogens (primary N) is 1. The molecule has 0 amide bonds. The molecular weight excluding hydrogens is 176 g/mol. The number of hydrogen-bond donors (Lipinski definition) is 2. The summed E-state index contributed by atoms with van der Waals surface area (Å²) in [6.45, 7) is 0. The summed E-state index contributed by atoms with van der Waals surface area (Å²) in [7, 11) is 0. The molecule has 4 heteroatoms. The molecule has 2 aliphatic carbocycles. The molecule has 2 fully saturated rings. The van der Waals surface area contributed by atoms with Crippen molar-refractivity contribution in [3.8, 4) is 0 Å². The molecule has 1 aromatic rings. The number of nitrogens with one attached hydrogen (secondary N) is 1. The Morgan fingerprint density at radius 1 is 1.29 bits per heavy atom. The van der Waals surface area contributed by atoms with Crippen LogP contribution in [-0.4, -0.2) is 16.0 Å². The molecule has 2 unspecified atom stereocenters. The smallest absolute Gasteiger partial charge is 0.221 e. The number of nitrogens with zero attached hydrogens (tertiary/aromatic N) is 2. The minimum Gasteiger partial charge on any atom is -0.368 e. The summed E-state index contributed by atoms with van der Waals surface area (Å²) >= 11 is 0.